The van der Waals surface area contributed by atoms with Gasteiger partial charge in [-0.15, -0.1) is 0 Å². The van der Waals surface area contributed by atoms with Crippen molar-refractivity contribution in [3.63, 3.8) is 0 Å². The second-order valence-corrected chi connectivity index (χ2v) is 6.63. The maximum absolute atomic E-state index is 11.8. The summed E-state index contributed by atoms with van der Waals surface area (Å²) in [5.74, 6) is -1.00. The lowest BCUT2D eigenvalue weighted by atomic mass is 10.1. The summed E-state index contributed by atoms with van der Waals surface area (Å²) in [6, 6.07) is 0. The molecule has 0 amide bonds. The monoisotopic (exact) mass is 293 g/mol. The Labute approximate surface area is 114 Å². The molecule has 0 aromatic heterocycles. The van der Waals surface area contributed by atoms with Gasteiger partial charge in [-0.25, -0.2) is 4.72 Å². The molecule has 112 valence electrons. The molecule has 1 aliphatic heterocycles. The van der Waals surface area contributed by atoms with E-state index in [1.165, 1.54) is 26.3 Å². The molecule has 0 bridgehead atoms. The summed E-state index contributed by atoms with van der Waals surface area (Å²) in [6.45, 7) is 3.09. The van der Waals surface area contributed by atoms with E-state index in [1.807, 2.05) is 0 Å². The first kappa shape index (κ1) is 16.4. The number of hydrogen-bond acceptors (Lipinski definition) is 4. The summed E-state index contributed by atoms with van der Waals surface area (Å²) in [5.41, 5.74) is 0. The Morgan fingerprint density at radius 2 is 1.95 bits per heavy atom. The zero-order valence-electron chi connectivity index (χ0n) is 11.3. The van der Waals surface area contributed by atoms with Gasteiger partial charge in [-0.2, -0.15) is 12.7 Å². The first-order valence-electron chi connectivity index (χ1n) is 6.57. The van der Waals surface area contributed by atoms with Crippen LogP contribution in [0.5, 0.6) is 0 Å². The SMILES string of the molecule is CN(CCC(=O)O)S(=O)(=O)NCCN1CCCCC1. The summed E-state index contributed by atoms with van der Waals surface area (Å²) in [4.78, 5) is 12.6. The molecule has 0 atom stereocenters. The summed E-state index contributed by atoms with van der Waals surface area (Å²) in [7, 11) is -2.18. The third kappa shape index (κ3) is 6.33. The highest BCUT2D eigenvalue weighted by Gasteiger charge is 2.18. The van der Waals surface area contributed by atoms with E-state index in [1.54, 1.807) is 0 Å². The molecule has 0 radical (unpaired) electrons. The van der Waals surface area contributed by atoms with Crippen LogP contribution in [-0.2, 0) is 15.0 Å². The van der Waals surface area contributed by atoms with Crippen molar-refractivity contribution in [3.05, 3.63) is 0 Å². The molecule has 8 heteroatoms. The van der Waals surface area contributed by atoms with Gasteiger partial charge in [-0.05, 0) is 25.9 Å². The Hall–Kier alpha value is -0.700. The van der Waals surface area contributed by atoms with Crippen molar-refractivity contribution >= 4 is 16.2 Å². The molecule has 7 nitrogen and oxygen atoms in total. The van der Waals surface area contributed by atoms with Gasteiger partial charge in [0.15, 0.2) is 0 Å². The van der Waals surface area contributed by atoms with Crippen LogP contribution < -0.4 is 4.72 Å². The number of carbonyl (C=O) groups is 1. The van der Waals surface area contributed by atoms with Crippen molar-refractivity contribution in [1.29, 1.82) is 0 Å². The summed E-state index contributed by atoms with van der Waals surface area (Å²) in [6.07, 6.45) is 3.40. The number of carboxylic acids is 1. The molecule has 0 aromatic carbocycles. The zero-order chi connectivity index (χ0) is 14.3. The number of aliphatic carboxylic acids is 1. The average molecular weight is 293 g/mol. The van der Waals surface area contributed by atoms with Crippen LogP contribution in [-0.4, -0.2) is 68.5 Å². The molecule has 19 heavy (non-hydrogen) atoms. The van der Waals surface area contributed by atoms with Gasteiger partial charge in [-0.1, -0.05) is 6.42 Å². The quantitative estimate of drug-likeness (QED) is 0.642. The van der Waals surface area contributed by atoms with Crippen molar-refractivity contribution in [1.82, 2.24) is 13.9 Å². The van der Waals surface area contributed by atoms with E-state index >= 15 is 0 Å². The number of nitrogens with one attached hydrogen (secondary N) is 1. The van der Waals surface area contributed by atoms with Gasteiger partial charge in [-0.3, -0.25) is 4.79 Å². The fourth-order valence-electron chi connectivity index (χ4n) is 2.00. The van der Waals surface area contributed by atoms with Crippen LogP contribution in [0.1, 0.15) is 25.7 Å². The number of carboxylic acid groups (broad SMARTS) is 1. The molecular weight excluding hydrogens is 270 g/mol. The van der Waals surface area contributed by atoms with E-state index in [9.17, 15) is 13.2 Å². The highest BCUT2D eigenvalue weighted by Crippen LogP contribution is 2.07. The van der Waals surface area contributed by atoms with Gasteiger partial charge in [0.2, 0.25) is 0 Å². The predicted octanol–water partition coefficient (Wildman–Crippen LogP) is -0.287. The maximum Gasteiger partial charge on any atom is 0.304 e. The van der Waals surface area contributed by atoms with Crippen LogP contribution in [0.25, 0.3) is 0 Å². The third-order valence-corrected chi connectivity index (χ3v) is 4.78. The van der Waals surface area contributed by atoms with Crippen molar-refractivity contribution in [3.8, 4) is 0 Å². The summed E-state index contributed by atoms with van der Waals surface area (Å²) in [5, 5.41) is 8.53. The van der Waals surface area contributed by atoms with Crippen LogP contribution in [0, 0.1) is 0 Å². The molecule has 1 fully saturated rings. The maximum atomic E-state index is 11.8. The number of nitrogens with zero attached hydrogens (tertiary/aromatic N) is 2. The molecule has 0 unspecified atom stereocenters. The number of piperidine rings is 1. The minimum Gasteiger partial charge on any atom is -0.481 e. The molecule has 1 rings (SSSR count). The Balaban J connectivity index is 2.27. The average Bonchev–Trinajstić information content (AvgIpc) is 2.36. The number of rotatable bonds is 8. The topological polar surface area (TPSA) is 90.0 Å². The molecule has 2 N–H and O–H groups in total. The first-order valence-corrected chi connectivity index (χ1v) is 8.01. The molecule has 0 spiro atoms. The smallest absolute Gasteiger partial charge is 0.304 e. The highest BCUT2D eigenvalue weighted by molar-refractivity contribution is 7.87. The van der Waals surface area contributed by atoms with E-state index in [2.05, 4.69) is 9.62 Å². The van der Waals surface area contributed by atoms with Gasteiger partial charge in [0.05, 0.1) is 6.42 Å². The summed E-state index contributed by atoms with van der Waals surface area (Å²) >= 11 is 0. The van der Waals surface area contributed by atoms with E-state index < -0.39 is 16.2 Å². The summed E-state index contributed by atoms with van der Waals surface area (Å²) < 4.78 is 27.1. The Bertz CT molecular complexity index is 379. The fraction of sp³-hybridized carbons (Fsp3) is 0.909. The van der Waals surface area contributed by atoms with Gasteiger partial charge < -0.3 is 10.0 Å². The Morgan fingerprint density at radius 3 is 2.53 bits per heavy atom. The molecule has 0 aromatic rings. The lowest BCUT2D eigenvalue weighted by molar-refractivity contribution is -0.137. The van der Waals surface area contributed by atoms with Gasteiger partial charge in [0.25, 0.3) is 10.2 Å². The van der Waals surface area contributed by atoms with Crippen LogP contribution in [0.3, 0.4) is 0 Å². The van der Waals surface area contributed by atoms with E-state index in [0.29, 0.717) is 13.1 Å². The fourth-order valence-corrected chi connectivity index (χ4v) is 2.90. The van der Waals surface area contributed by atoms with Gasteiger partial charge in [0, 0.05) is 26.7 Å². The molecule has 0 saturated carbocycles. The predicted molar refractivity (Wildman–Crippen MR) is 72.1 cm³/mol. The van der Waals surface area contributed by atoms with Gasteiger partial charge >= 0.3 is 5.97 Å². The van der Waals surface area contributed by atoms with E-state index in [-0.39, 0.29) is 13.0 Å². The number of hydrogen-bond donors (Lipinski definition) is 2. The third-order valence-electron chi connectivity index (χ3n) is 3.21. The lowest BCUT2D eigenvalue weighted by Gasteiger charge is -2.26. The molecule has 0 aliphatic carbocycles. The van der Waals surface area contributed by atoms with Crippen molar-refractivity contribution in [2.45, 2.75) is 25.7 Å². The van der Waals surface area contributed by atoms with E-state index in [4.69, 9.17) is 5.11 Å². The Morgan fingerprint density at radius 1 is 1.32 bits per heavy atom. The standard InChI is InChI=1S/C11H23N3O4S/c1-13(9-5-11(15)16)19(17,18)12-6-10-14-7-3-2-4-8-14/h12H,2-10H2,1H3,(H,15,16). The first-order chi connectivity index (χ1) is 8.92. The Kier molecular flexibility index (Phi) is 6.70. The highest BCUT2D eigenvalue weighted by atomic mass is 32.2. The molecule has 1 saturated heterocycles. The zero-order valence-corrected chi connectivity index (χ0v) is 12.2. The minimum absolute atomic E-state index is 0.0195. The van der Waals surface area contributed by atoms with Crippen molar-refractivity contribution in [2.24, 2.45) is 0 Å². The lowest BCUT2D eigenvalue weighted by Crippen LogP contribution is -2.43. The molecule has 1 aliphatic rings. The molecule has 1 heterocycles. The van der Waals surface area contributed by atoms with E-state index in [0.717, 1.165) is 17.4 Å². The van der Waals surface area contributed by atoms with Crippen molar-refractivity contribution in [2.75, 3.05) is 39.8 Å². The van der Waals surface area contributed by atoms with Gasteiger partial charge in [0.1, 0.15) is 0 Å². The second-order valence-electron chi connectivity index (χ2n) is 4.77. The second kappa shape index (κ2) is 7.78. The number of likely N-dealkylation sites (tertiary alicyclic amines) is 1. The van der Waals surface area contributed by atoms with Crippen LogP contribution in [0.4, 0.5) is 0 Å². The van der Waals surface area contributed by atoms with Crippen LogP contribution in [0.2, 0.25) is 0 Å². The minimum atomic E-state index is -3.56. The van der Waals surface area contributed by atoms with Crippen LogP contribution >= 0.6 is 0 Å². The molecular formula is C11H23N3O4S. The van der Waals surface area contributed by atoms with Crippen molar-refractivity contribution < 1.29 is 18.3 Å². The largest absolute Gasteiger partial charge is 0.481 e. The van der Waals surface area contributed by atoms with Crippen LogP contribution in [0.15, 0.2) is 0 Å². The normalized spacial score (nSPS) is 17.8.